The molecular formula is C20H17FN2O3. The predicted octanol–water partition coefficient (Wildman–Crippen LogP) is 3.13. The minimum atomic E-state index is -0.985. The van der Waals surface area contributed by atoms with Gasteiger partial charge in [0.25, 0.3) is 0 Å². The smallest absolute Gasteiger partial charge is 0.337 e. The van der Waals surface area contributed by atoms with Gasteiger partial charge < -0.3 is 15.0 Å². The number of hydrogen-bond acceptors (Lipinski definition) is 2. The standard InChI is InChI=1S/C20H17FN2O3/c21-16-7-2-1-4-12(16)10-18(24)23-9-8-13-14-5-3-6-15(20(25)26)19(14)22-17(13)11-23/h1-7,22H,8-11H2,(H,25,26). The minimum absolute atomic E-state index is 0.0165. The molecule has 0 aliphatic carbocycles. The molecule has 0 bridgehead atoms. The van der Waals surface area contributed by atoms with Crippen molar-refractivity contribution >= 4 is 22.8 Å². The summed E-state index contributed by atoms with van der Waals surface area (Å²) < 4.78 is 13.8. The molecule has 1 amide bonds. The molecule has 2 heterocycles. The zero-order valence-corrected chi connectivity index (χ0v) is 14.0. The largest absolute Gasteiger partial charge is 0.478 e. The Morgan fingerprint density at radius 2 is 1.96 bits per heavy atom. The lowest BCUT2D eigenvalue weighted by molar-refractivity contribution is -0.131. The maximum Gasteiger partial charge on any atom is 0.337 e. The number of halogens is 1. The number of aromatic amines is 1. The average molecular weight is 352 g/mol. The van der Waals surface area contributed by atoms with Crippen LogP contribution in [0.3, 0.4) is 0 Å². The van der Waals surface area contributed by atoms with E-state index in [1.165, 1.54) is 6.07 Å². The summed E-state index contributed by atoms with van der Waals surface area (Å²) in [4.78, 5) is 28.8. The highest BCUT2D eigenvalue weighted by atomic mass is 19.1. The molecule has 4 rings (SSSR count). The van der Waals surface area contributed by atoms with Gasteiger partial charge in [-0.3, -0.25) is 4.79 Å². The fourth-order valence-corrected chi connectivity index (χ4v) is 3.57. The van der Waals surface area contributed by atoms with E-state index in [9.17, 15) is 19.1 Å². The highest BCUT2D eigenvalue weighted by molar-refractivity contribution is 6.03. The van der Waals surface area contributed by atoms with Crippen LogP contribution < -0.4 is 0 Å². The summed E-state index contributed by atoms with van der Waals surface area (Å²) in [6.45, 7) is 0.904. The lowest BCUT2D eigenvalue weighted by Crippen LogP contribution is -2.37. The molecule has 0 atom stereocenters. The number of H-pyrrole nitrogens is 1. The van der Waals surface area contributed by atoms with Gasteiger partial charge in [0.15, 0.2) is 0 Å². The molecule has 132 valence electrons. The first-order valence-electron chi connectivity index (χ1n) is 8.41. The van der Waals surface area contributed by atoms with Gasteiger partial charge >= 0.3 is 5.97 Å². The van der Waals surface area contributed by atoms with Crippen LogP contribution >= 0.6 is 0 Å². The van der Waals surface area contributed by atoms with E-state index in [4.69, 9.17) is 0 Å². The van der Waals surface area contributed by atoms with E-state index in [1.54, 1.807) is 35.2 Å². The third kappa shape index (κ3) is 2.73. The lowest BCUT2D eigenvalue weighted by atomic mass is 10.0. The molecule has 26 heavy (non-hydrogen) atoms. The van der Waals surface area contributed by atoms with E-state index in [0.717, 1.165) is 16.6 Å². The monoisotopic (exact) mass is 352 g/mol. The van der Waals surface area contributed by atoms with Crippen molar-refractivity contribution in [1.82, 2.24) is 9.88 Å². The van der Waals surface area contributed by atoms with E-state index >= 15 is 0 Å². The second-order valence-electron chi connectivity index (χ2n) is 6.45. The third-order valence-corrected chi connectivity index (χ3v) is 4.89. The Balaban J connectivity index is 1.61. The number of nitrogens with one attached hydrogen (secondary N) is 1. The van der Waals surface area contributed by atoms with Crippen molar-refractivity contribution in [2.24, 2.45) is 0 Å². The molecule has 3 aromatic rings. The third-order valence-electron chi connectivity index (χ3n) is 4.89. The molecule has 0 unspecified atom stereocenters. The number of carboxylic acid groups (broad SMARTS) is 1. The molecule has 0 radical (unpaired) electrons. The molecule has 5 nitrogen and oxygen atoms in total. The highest BCUT2D eigenvalue weighted by Gasteiger charge is 2.25. The molecule has 0 spiro atoms. The Bertz CT molecular complexity index is 1030. The zero-order chi connectivity index (χ0) is 18.3. The molecule has 1 aliphatic rings. The Hall–Kier alpha value is -3.15. The number of carbonyl (C=O) groups is 2. The molecule has 1 aromatic heterocycles. The van der Waals surface area contributed by atoms with Crippen LogP contribution in [0, 0.1) is 5.82 Å². The van der Waals surface area contributed by atoms with Gasteiger partial charge in [0, 0.05) is 17.6 Å². The van der Waals surface area contributed by atoms with Crippen LogP contribution in [-0.2, 0) is 24.2 Å². The van der Waals surface area contributed by atoms with Crippen molar-refractivity contribution in [3.05, 3.63) is 70.7 Å². The molecule has 0 fully saturated rings. The fourth-order valence-electron chi connectivity index (χ4n) is 3.57. The maximum absolute atomic E-state index is 13.8. The van der Waals surface area contributed by atoms with Gasteiger partial charge in [-0.2, -0.15) is 0 Å². The number of rotatable bonds is 3. The summed E-state index contributed by atoms with van der Waals surface area (Å²) in [7, 11) is 0. The quantitative estimate of drug-likeness (QED) is 0.761. The lowest BCUT2D eigenvalue weighted by Gasteiger charge is -2.27. The van der Waals surface area contributed by atoms with Gasteiger partial charge in [0.05, 0.1) is 24.0 Å². The van der Waals surface area contributed by atoms with E-state index in [2.05, 4.69) is 4.98 Å². The molecule has 0 saturated heterocycles. The van der Waals surface area contributed by atoms with E-state index in [-0.39, 0.29) is 23.7 Å². The first kappa shape index (κ1) is 16.3. The van der Waals surface area contributed by atoms with Crippen LogP contribution in [0.4, 0.5) is 4.39 Å². The van der Waals surface area contributed by atoms with Crippen LogP contribution in [-0.4, -0.2) is 33.4 Å². The van der Waals surface area contributed by atoms with Crippen LogP contribution in [0.1, 0.15) is 27.2 Å². The van der Waals surface area contributed by atoms with Crippen LogP contribution in [0.2, 0.25) is 0 Å². The Morgan fingerprint density at radius 1 is 1.15 bits per heavy atom. The van der Waals surface area contributed by atoms with Crippen molar-refractivity contribution in [3.63, 3.8) is 0 Å². The number of nitrogens with zero attached hydrogens (tertiary/aromatic N) is 1. The number of para-hydroxylation sites is 1. The molecule has 6 heteroatoms. The van der Waals surface area contributed by atoms with Gasteiger partial charge in [-0.1, -0.05) is 30.3 Å². The normalized spacial score (nSPS) is 13.7. The molecule has 2 N–H and O–H groups in total. The summed E-state index contributed by atoms with van der Waals surface area (Å²) in [5.41, 5.74) is 3.10. The number of hydrogen-bond donors (Lipinski definition) is 2. The Morgan fingerprint density at radius 3 is 2.73 bits per heavy atom. The number of fused-ring (bicyclic) bond motifs is 3. The van der Waals surface area contributed by atoms with Crippen LogP contribution in [0.25, 0.3) is 10.9 Å². The number of amides is 1. The Labute approximate surface area is 149 Å². The van der Waals surface area contributed by atoms with Gasteiger partial charge in [0.1, 0.15) is 5.82 Å². The predicted molar refractivity (Wildman–Crippen MR) is 94.5 cm³/mol. The number of benzene rings is 2. The first-order valence-corrected chi connectivity index (χ1v) is 8.41. The number of carbonyl (C=O) groups excluding carboxylic acids is 1. The molecule has 2 aromatic carbocycles. The van der Waals surface area contributed by atoms with E-state index in [0.29, 0.717) is 30.6 Å². The second kappa shape index (κ2) is 6.29. The van der Waals surface area contributed by atoms with Crippen molar-refractivity contribution in [1.29, 1.82) is 0 Å². The van der Waals surface area contributed by atoms with E-state index < -0.39 is 5.97 Å². The van der Waals surface area contributed by atoms with Crippen molar-refractivity contribution in [2.75, 3.05) is 6.54 Å². The van der Waals surface area contributed by atoms with Crippen LogP contribution in [0.5, 0.6) is 0 Å². The number of aromatic carboxylic acids is 1. The maximum atomic E-state index is 13.8. The van der Waals surface area contributed by atoms with Gasteiger partial charge in [-0.05, 0) is 29.7 Å². The van der Waals surface area contributed by atoms with E-state index in [1.807, 2.05) is 6.07 Å². The number of aromatic nitrogens is 1. The average Bonchev–Trinajstić information content (AvgIpc) is 3.01. The summed E-state index contributed by atoms with van der Waals surface area (Å²) in [5.74, 6) is -1.50. The van der Waals surface area contributed by atoms with Gasteiger partial charge in [-0.25, -0.2) is 9.18 Å². The summed E-state index contributed by atoms with van der Waals surface area (Å²) in [5, 5.41) is 10.2. The summed E-state index contributed by atoms with van der Waals surface area (Å²) in [6, 6.07) is 11.5. The topological polar surface area (TPSA) is 73.4 Å². The molecule has 1 aliphatic heterocycles. The molecule has 0 saturated carbocycles. The Kier molecular flexibility index (Phi) is 3.95. The fraction of sp³-hybridized carbons (Fsp3) is 0.200. The van der Waals surface area contributed by atoms with Crippen molar-refractivity contribution < 1.29 is 19.1 Å². The van der Waals surface area contributed by atoms with Crippen molar-refractivity contribution in [2.45, 2.75) is 19.4 Å². The van der Waals surface area contributed by atoms with Gasteiger partial charge in [0.2, 0.25) is 5.91 Å². The van der Waals surface area contributed by atoms with Crippen LogP contribution in [0.15, 0.2) is 42.5 Å². The highest BCUT2D eigenvalue weighted by Crippen LogP contribution is 2.30. The minimum Gasteiger partial charge on any atom is -0.478 e. The van der Waals surface area contributed by atoms with Crippen molar-refractivity contribution in [3.8, 4) is 0 Å². The molecular weight excluding hydrogens is 335 g/mol. The first-order chi connectivity index (χ1) is 12.5. The SMILES string of the molecule is O=C(O)c1cccc2c3c([nH]c12)CN(C(=O)Cc1ccccc1F)CC3. The zero-order valence-electron chi connectivity index (χ0n) is 14.0. The second-order valence-corrected chi connectivity index (χ2v) is 6.45. The number of carboxylic acids is 1. The summed E-state index contributed by atoms with van der Waals surface area (Å²) in [6.07, 6.45) is 0.657. The summed E-state index contributed by atoms with van der Waals surface area (Å²) >= 11 is 0. The van der Waals surface area contributed by atoms with Gasteiger partial charge in [-0.15, -0.1) is 0 Å².